The molecule has 1 fully saturated rings. The van der Waals surface area contributed by atoms with Gasteiger partial charge in [0.05, 0.1) is 0 Å². The summed E-state index contributed by atoms with van der Waals surface area (Å²) < 4.78 is 0. The van der Waals surface area contributed by atoms with Crippen LogP contribution in [0.2, 0.25) is 0 Å². The Morgan fingerprint density at radius 2 is 2.25 bits per heavy atom. The van der Waals surface area contributed by atoms with Gasteiger partial charge in [0.2, 0.25) is 0 Å². The molecule has 0 aliphatic carbocycles. The molecule has 1 heterocycles. The minimum Gasteiger partial charge on any atom is -0.480 e. The van der Waals surface area contributed by atoms with Crippen LogP contribution in [-0.2, 0) is 4.79 Å². The highest BCUT2D eigenvalue weighted by atomic mass is 32.2. The Kier molecular flexibility index (Phi) is 4.68. The van der Waals surface area contributed by atoms with E-state index in [0.717, 1.165) is 12.2 Å². The molecule has 16 heavy (non-hydrogen) atoms. The zero-order valence-electron chi connectivity index (χ0n) is 10.7. The first-order chi connectivity index (χ1) is 7.37. The molecule has 0 aromatic rings. The molecule has 0 amide bonds. The molecule has 0 saturated carbocycles. The summed E-state index contributed by atoms with van der Waals surface area (Å²) in [4.78, 5) is 13.2. The molecule has 1 rings (SSSR count). The van der Waals surface area contributed by atoms with E-state index >= 15 is 0 Å². The van der Waals surface area contributed by atoms with Crippen molar-refractivity contribution in [2.45, 2.75) is 45.7 Å². The molecule has 2 atom stereocenters. The van der Waals surface area contributed by atoms with Crippen molar-refractivity contribution in [2.75, 3.05) is 18.6 Å². The lowest BCUT2D eigenvalue weighted by molar-refractivity contribution is -0.143. The maximum atomic E-state index is 11.1. The van der Waals surface area contributed by atoms with Crippen LogP contribution in [0.25, 0.3) is 0 Å². The van der Waals surface area contributed by atoms with Gasteiger partial charge < -0.3 is 5.11 Å². The van der Waals surface area contributed by atoms with E-state index in [4.69, 9.17) is 5.11 Å². The maximum Gasteiger partial charge on any atom is 0.320 e. The van der Waals surface area contributed by atoms with Crippen LogP contribution in [0, 0.1) is 5.41 Å². The number of hydrogen-bond donors (Lipinski definition) is 1. The topological polar surface area (TPSA) is 40.5 Å². The van der Waals surface area contributed by atoms with Gasteiger partial charge in [-0.3, -0.25) is 9.69 Å². The standard InChI is InChI=1S/C12H23NO2S/c1-5-10(11(14)15)13(4)9-6-12(2,3)8-16-7-9/h9-10H,5-8H2,1-4H3,(H,14,15). The second-order valence-corrected chi connectivity index (χ2v) is 6.50. The largest absolute Gasteiger partial charge is 0.480 e. The molecule has 3 nitrogen and oxygen atoms in total. The molecule has 0 bridgehead atoms. The Labute approximate surface area is 103 Å². The number of likely N-dealkylation sites (N-methyl/N-ethyl adjacent to an activating group) is 1. The van der Waals surface area contributed by atoms with Gasteiger partial charge in [-0.15, -0.1) is 0 Å². The first-order valence-corrected chi connectivity index (χ1v) is 7.05. The summed E-state index contributed by atoms with van der Waals surface area (Å²) in [5, 5.41) is 9.16. The molecular weight excluding hydrogens is 222 g/mol. The van der Waals surface area contributed by atoms with Crippen molar-refractivity contribution in [3.05, 3.63) is 0 Å². The number of carbonyl (C=O) groups is 1. The molecule has 1 N–H and O–H groups in total. The van der Waals surface area contributed by atoms with Crippen molar-refractivity contribution in [1.29, 1.82) is 0 Å². The summed E-state index contributed by atoms with van der Waals surface area (Å²) in [6.45, 7) is 6.47. The predicted octanol–water partition coefficient (Wildman–Crippen LogP) is 2.31. The third kappa shape index (κ3) is 3.39. The molecule has 0 aromatic carbocycles. The van der Waals surface area contributed by atoms with E-state index in [-0.39, 0.29) is 6.04 Å². The van der Waals surface area contributed by atoms with E-state index < -0.39 is 5.97 Å². The molecule has 0 aromatic heterocycles. The Morgan fingerprint density at radius 1 is 1.62 bits per heavy atom. The molecule has 1 saturated heterocycles. The van der Waals surface area contributed by atoms with Gasteiger partial charge in [-0.25, -0.2) is 0 Å². The molecule has 1 aliphatic heterocycles. The van der Waals surface area contributed by atoms with Gasteiger partial charge in [-0.05, 0) is 31.1 Å². The summed E-state index contributed by atoms with van der Waals surface area (Å²) in [7, 11) is 1.95. The van der Waals surface area contributed by atoms with Gasteiger partial charge >= 0.3 is 5.97 Å². The monoisotopic (exact) mass is 245 g/mol. The van der Waals surface area contributed by atoms with Crippen LogP contribution in [0.3, 0.4) is 0 Å². The third-order valence-electron chi connectivity index (χ3n) is 3.33. The van der Waals surface area contributed by atoms with Crippen LogP contribution in [0.4, 0.5) is 0 Å². The average molecular weight is 245 g/mol. The summed E-state index contributed by atoms with van der Waals surface area (Å²) in [5.41, 5.74) is 0.332. The Balaban J connectivity index is 2.65. The number of nitrogens with zero attached hydrogens (tertiary/aromatic N) is 1. The van der Waals surface area contributed by atoms with Crippen LogP contribution in [-0.4, -0.2) is 46.6 Å². The first kappa shape index (κ1) is 13.8. The van der Waals surface area contributed by atoms with E-state index in [0.29, 0.717) is 17.9 Å². The lowest BCUT2D eigenvalue weighted by Crippen LogP contribution is -2.49. The molecule has 0 spiro atoms. The van der Waals surface area contributed by atoms with Crippen LogP contribution in [0.5, 0.6) is 0 Å². The number of thioether (sulfide) groups is 1. The number of hydrogen-bond acceptors (Lipinski definition) is 3. The first-order valence-electron chi connectivity index (χ1n) is 5.90. The summed E-state index contributed by atoms with van der Waals surface area (Å²) in [5.74, 6) is 1.55. The predicted molar refractivity (Wildman–Crippen MR) is 69.0 cm³/mol. The van der Waals surface area contributed by atoms with Gasteiger partial charge in [-0.1, -0.05) is 20.8 Å². The smallest absolute Gasteiger partial charge is 0.320 e. The number of carboxylic acids is 1. The van der Waals surface area contributed by atoms with E-state index in [9.17, 15) is 4.79 Å². The van der Waals surface area contributed by atoms with Gasteiger partial charge in [0.15, 0.2) is 0 Å². The van der Waals surface area contributed by atoms with Crippen LogP contribution >= 0.6 is 11.8 Å². The fraction of sp³-hybridized carbons (Fsp3) is 0.917. The van der Waals surface area contributed by atoms with Crippen molar-refractivity contribution in [3.8, 4) is 0 Å². The SMILES string of the molecule is CCC(C(=O)O)N(C)C1CSCC(C)(C)C1. The second kappa shape index (κ2) is 5.41. The van der Waals surface area contributed by atoms with Crippen molar-refractivity contribution in [1.82, 2.24) is 4.90 Å². The van der Waals surface area contributed by atoms with Crippen molar-refractivity contribution < 1.29 is 9.90 Å². The zero-order valence-corrected chi connectivity index (χ0v) is 11.5. The van der Waals surface area contributed by atoms with E-state index in [1.807, 2.05) is 25.7 Å². The van der Waals surface area contributed by atoms with Gasteiger partial charge in [0.1, 0.15) is 6.04 Å². The highest BCUT2D eigenvalue weighted by Gasteiger charge is 2.34. The number of carboxylic acid groups (broad SMARTS) is 1. The van der Waals surface area contributed by atoms with Crippen LogP contribution < -0.4 is 0 Å². The Bertz CT molecular complexity index is 255. The fourth-order valence-electron chi connectivity index (χ4n) is 2.38. The van der Waals surface area contributed by atoms with Gasteiger partial charge in [-0.2, -0.15) is 11.8 Å². The normalized spacial score (nSPS) is 26.7. The van der Waals surface area contributed by atoms with Gasteiger partial charge in [0.25, 0.3) is 0 Å². The summed E-state index contributed by atoms with van der Waals surface area (Å²) in [6.07, 6.45) is 1.77. The van der Waals surface area contributed by atoms with Crippen molar-refractivity contribution in [3.63, 3.8) is 0 Å². The van der Waals surface area contributed by atoms with E-state index in [2.05, 4.69) is 18.7 Å². The minimum atomic E-state index is -0.696. The van der Waals surface area contributed by atoms with Crippen molar-refractivity contribution >= 4 is 17.7 Å². The molecule has 94 valence electrons. The Hall–Kier alpha value is -0.220. The number of aliphatic carboxylic acids is 1. The molecular formula is C12H23NO2S. The Morgan fingerprint density at radius 3 is 2.69 bits per heavy atom. The van der Waals surface area contributed by atoms with E-state index in [1.165, 1.54) is 5.75 Å². The zero-order chi connectivity index (χ0) is 12.3. The summed E-state index contributed by atoms with van der Waals surface area (Å²) >= 11 is 1.94. The third-order valence-corrected chi connectivity index (χ3v) is 4.94. The van der Waals surface area contributed by atoms with Crippen molar-refractivity contribution in [2.24, 2.45) is 5.41 Å². The number of rotatable bonds is 4. The molecule has 0 radical (unpaired) electrons. The minimum absolute atomic E-state index is 0.332. The summed E-state index contributed by atoms with van der Waals surface area (Å²) in [6, 6.07) is 0.0642. The van der Waals surface area contributed by atoms with Crippen LogP contribution in [0.1, 0.15) is 33.6 Å². The molecule has 1 aliphatic rings. The fourth-order valence-corrected chi connectivity index (χ4v) is 3.79. The highest BCUT2D eigenvalue weighted by Crippen LogP contribution is 2.35. The average Bonchev–Trinajstić information content (AvgIpc) is 2.16. The molecule has 2 unspecified atom stereocenters. The van der Waals surface area contributed by atoms with Crippen LogP contribution in [0.15, 0.2) is 0 Å². The lowest BCUT2D eigenvalue weighted by atomic mass is 9.87. The van der Waals surface area contributed by atoms with E-state index in [1.54, 1.807) is 0 Å². The van der Waals surface area contributed by atoms with Gasteiger partial charge in [0, 0.05) is 11.8 Å². The highest BCUT2D eigenvalue weighted by molar-refractivity contribution is 7.99. The lowest BCUT2D eigenvalue weighted by Gasteiger charge is -2.41. The quantitative estimate of drug-likeness (QED) is 0.825. The maximum absolute atomic E-state index is 11.1. The second-order valence-electron chi connectivity index (χ2n) is 5.47. The molecule has 4 heteroatoms.